The molecule has 0 bridgehead atoms. The number of ether oxygens (including phenoxy) is 1. The summed E-state index contributed by atoms with van der Waals surface area (Å²) in [7, 11) is 0. The van der Waals surface area contributed by atoms with E-state index >= 15 is 0 Å². The molecule has 0 heterocycles. The lowest BCUT2D eigenvalue weighted by molar-refractivity contribution is 0.218. The summed E-state index contributed by atoms with van der Waals surface area (Å²) in [5.74, 6) is 0.584. The summed E-state index contributed by atoms with van der Waals surface area (Å²) in [4.78, 5) is 0. The Morgan fingerprint density at radius 2 is 1.85 bits per heavy atom. The van der Waals surface area contributed by atoms with E-state index in [2.05, 4.69) is 6.92 Å². The Bertz CT molecular complexity index is 266. The van der Waals surface area contributed by atoms with Crippen LogP contribution in [-0.4, -0.2) is 6.10 Å². The molecular formula is C10H12Cl2O. The Hall–Kier alpha value is -0.400. The fourth-order valence-electron chi connectivity index (χ4n) is 0.880. The summed E-state index contributed by atoms with van der Waals surface area (Å²) in [6, 6.07) is 5.34. The van der Waals surface area contributed by atoms with Crippen LogP contribution in [0.4, 0.5) is 0 Å². The average Bonchev–Trinajstić information content (AvgIpc) is 2.11. The van der Waals surface area contributed by atoms with Crippen LogP contribution in [0.3, 0.4) is 0 Å². The van der Waals surface area contributed by atoms with Crippen LogP contribution in [0.1, 0.15) is 20.3 Å². The van der Waals surface area contributed by atoms with Crippen LogP contribution in [0.5, 0.6) is 5.75 Å². The molecule has 0 fully saturated rings. The lowest BCUT2D eigenvalue weighted by atomic mass is 10.3. The molecule has 0 aromatic heterocycles. The molecule has 0 radical (unpaired) electrons. The van der Waals surface area contributed by atoms with Crippen LogP contribution in [0, 0.1) is 0 Å². The van der Waals surface area contributed by atoms with Crippen molar-refractivity contribution in [2.45, 2.75) is 26.4 Å². The summed E-state index contributed by atoms with van der Waals surface area (Å²) in [5.41, 5.74) is 0. The van der Waals surface area contributed by atoms with Gasteiger partial charge >= 0.3 is 0 Å². The molecule has 0 amide bonds. The van der Waals surface area contributed by atoms with E-state index in [0.29, 0.717) is 15.8 Å². The summed E-state index contributed by atoms with van der Waals surface area (Å²) < 4.78 is 5.56. The van der Waals surface area contributed by atoms with Crippen molar-refractivity contribution >= 4 is 23.2 Å². The maximum Gasteiger partial charge on any atom is 0.156 e. The zero-order valence-corrected chi connectivity index (χ0v) is 9.19. The standard InChI is InChI=1S/C10H12Cl2O/c1-3-7(2)13-10-8(11)5-4-6-9(10)12/h4-7H,3H2,1-2H3. The number of rotatable bonds is 3. The first-order valence-electron chi connectivity index (χ1n) is 4.25. The molecule has 0 saturated carbocycles. The summed E-state index contributed by atoms with van der Waals surface area (Å²) in [6.07, 6.45) is 1.07. The molecule has 0 saturated heterocycles. The van der Waals surface area contributed by atoms with Gasteiger partial charge in [0.05, 0.1) is 16.1 Å². The molecule has 3 heteroatoms. The van der Waals surface area contributed by atoms with Crippen LogP contribution >= 0.6 is 23.2 Å². The van der Waals surface area contributed by atoms with Crippen LogP contribution in [0.15, 0.2) is 18.2 Å². The third kappa shape index (κ3) is 2.78. The quantitative estimate of drug-likeness (QED) is 0.741. The van der Waals surface area contributed by atoms with Gasteiger partial charge in [0.25, 0.3) is 0 Å². The molecule has 1 atom stereocenters. The minimum Gasteiger partial charge on any atom is -0.488 e. The number of halogens is 2. The maximum absolute atomic E-state index is 5.92. The van der Waals surface area contributed by atoms with E-state index < -0.39 is 0 Å². The molecule has 1 rings (SSSR count). The second-order valence-electron chi connectivity index (χ2n) is 2.89. The van der Waals surface area contributed by atoms with E-state index in [9.17, 15) is 0 Å². The fourth-order valence-corrected chi connectivity index (χ4v) is 1.37. The fraction of sp³-hybridized carbons (Fsp3) is 0.400. The summed E-state index contributed by atoms with van der Waals surface area (Å²) in [6.45, 7) is 4.04. The van der Waals surface area contributed by atoms with Gasteiger partial charge in [0, 0.05) is 0 Å². The van der Waals surface area contributed by atoms with Gasteiger partial charge < -0.3 is 4.74 Å². The Morgan fingerprint density at radius 1 is 1.31 bits per heavy atom. The minimum atomic E-state index is 0.136. The monoisotopic (exact) mass is 218 g/mol. The van der Waals surface area contributed by atoms with Crippen molar-refractivity contribution < 1.29 is 4.74 Å². The zero-order chi connectivity index (χ0) is 9.84. The van der Waals surface area contributed by atoms with Gasteiger partial charge in [0.1, 0.15) is 0 Å². The van der Waals surface area contributed by atoms with Crippen molar-refractivity contribution in [2.24, 2.45) is 0 Å². The maximum atomic E-state index is 5.92. The predicted octanol–water partition coefficient (Wildman–Crippen LogP) is 4.17. The third-order valence-corrected chi connectivity index (χ3v) is 2.41. The molecule has 1 nitrogen and oxygen atoms in total. The van der Waals surface area contributed by atoms with Gasteiger partial charge in [-0.1, -0.05) is 36.2 Å². The van der Waals surface area contributed by atoms with Crippen molar-refractivity contribution in [2.75, 3.05) is 0 Å². The molecule has 72 valence electrons. The molecule has 0 aliphatic rings. The molecule has 1 aromatic rings. The molecule has 0 spiro atoms. The van der Waals surface area contributed by atoms with Crippen molar-refractivity contribution in [3.63, 3.8) is 0 Å². The van der Waals surface area contributed by atoms with Crippen molar-refractivity contribution in [1.82, 2.24) is 0 Å². The van der Waals surface area contributed by atoms with Crippen molar-refractivity contribution in [3.8, 4) is 5.75 Å². The zero-order valence-electron chi connectivity index (χ0n) is 7.68. The lowest BCUT2D eigenvalue weighted by Crippen LogP contribution is -2.10. The number of benzene rings is 1. The van der Waals surface area contributed by atoms with Gasteiger partial charge in [-0.2, -0.15) is 0 Å². The third-order valence-electron chi connectivity index (χ3n) is 1.81. The highest BCUT2D eigenvalue weighted by molar-refractivity contribution is 6.37. The molecule has 1 aromatic carbocycles. The lowest BCUT2D eigenvalue weighted by Gasteiger charge is -2.14. The van der Waals surface area contributed by atoms with Gasteiger partial charge in [0.2, 0.25) is 0 Å². The van der Waals surface area contributed by atoms with E-state index in [4.69, 9.17) is 27.9 Å². The summed E-state index contributed by atoms with van der Waals surface area (Å²) in [5, 5.41) is 1.13. The molecule has 0 aliphatic carbocycles. The molecular weight excluding hydrogens is 207 g/mol. The first kappa shape index (κ1) is 10.7. The van der Waals surface area contributed by atoms with Crippen molar-refractivity contribution in [3.05, 3.63) is 28.2 Å². The molecule has 13 heavy (non-hydrogen) atoms. The van der Waals surface area contributed by atoms with E-state index in [1.54, 1.807) is 18.2 Å². The number of hydrogen-bond acceptors (Lipinski definition) is 1. The van der Waals surface area contributed by atoms with Gasteiger partial charge in [-0.3, -0.25) is 0 Å². The van der Waals surface area contributed by atoms with Crippen molar-refractivity contribution in [1.29, 1.82) is 0 Å². The van der Waals surface area contributed by atoms with Crippen LogP contribution in [0.25, 0.3) is 0 Å². The van der Waals surface area contributed by atoms with Gasteiger partial charge in [0.15, 0.2) is 5.75 Å². The minimum absolute atomic E-state index is 0.136. The highest BCUT2D eigenvalue weighted by Gasteiger charge is 2.09. The number of hydrogen-bond donors (Lipinski definition) is 0. The first-order valence-corrected chi connectivity index (χ1v) is 5.01. The SMILES string of the molecule is CCC(C)Oc1c(Cl)cccc1Cl. The molecule has 0 aliphatic heterocycles. The van der Waals surface area contributed by atoms with E-state index in [1.165, 1.54) is 0 Å². The summed E-state index contributed by atoms with van der Waals surface area (Å²) >= 11 is 11.8. The molecule has 0 N–H and O–H groups in total. The van der Waals surface area contributed by atoms with Gasteiger partial charge in [-0.25, -0.2) is 0 Å². The normalized spacial score (nSPS) is 12.6. The Morgan fingerprint density at radius 3 is 2.31 bits per heavy atom. The highest BCUT2D eigenvalue weighted by atomic mass is 35.5. The van der Waals surface area contributed by atoms with Gasteiger partial charge in [-0.15, -0.1) is 0 Å². The second kappa shape index (κ2) is 4.73. The van der Waals surface area contributed by atoms with E-state index in [0.717, 1.165) is 6.42 Å². The smallest absolute Gasteiger partial charge is 0.156 e. The Labute approximate surface area is 88.6 Å². The van der Waals surface area contributed by atoms with Crippen LogP contribution in [-0.2, 0) is 0 Å². The molecule has 1 unspecified atom stereocenters. The predicted molar refractivity (Wildman–Crippen MR) is 56.8 cm³/mol. The Kier molecular flexibility index (Phi) is 3.89. The topological polar surface area (TPSA) is 9.23 Å². The number of para-hydroxylation sites is 1. The second-order valence-corrected chi connectivity index (χ2v) is 3.70. The van der Waals surface area contributed by atoms with Crippen LogP contribution < -0.4 is 4.74 Å². The average molecular weight is 219 g/mol. The van der Waals surface area contributed by atoms with Crippen LogP contribution in [0.2, 0.25) is 10.0 Å². The largest absolute Gasteiger partial charge is 0.488 e. The Balaban J connectivity index is 2.87. The van der Waals surface area contributed by atoms with E-state index in [1.807, 2.05) is 6.92 Å². The first-order chi connectivity index (χ1) is 6.15. The van der Waals surface area contributed by atoms with Gasteiger partial charge in [-0.05, 0) is 25.5 Å². The van der Waals surface area contributed by atoms with E-state index in [-0.39, 0.29) is 6.10 Å². The highest BCUT2D eigenvalue weighted by Crippen LogP contribution is 2.33.